The van der Waals surface area contributed by atoms with Crippen LogP contribution in [-0.2, 0) is 10.0 Å². The molecule has 0 spiro atoms. The summed E-state index contributed by atoms with van der Waals surface area (Å²) in [4.78, 5) is 12.9. The molecule has 0 aliphatic heterocycles. The summed E-state index contributed by atoms with van der Waals surface area (Å²) in [6.07, 6.45) is 5.52. The molecule has 1 fully saturated rings. The van der Waals surface area contributed by atoms with E-state index >= 15 is 0 Å². The quantitative estimate of drug-likeness (QED) is 0.848. The van der Waals surface area contributed by atoms with Crippen molar-refractivity contribution in [2.45, 2.75) is 50.0 Å². The van der Waals surface area contributed by atoms with Crippen molar-refractivity contribution in [2.24, 2.45) is 0 Å². The van der Waals surface area contributed by atoms with Crippen LogP contribution in [0.5, 0.6) is 0 Å². The number of nitrogens with zero attached hydrogens (tertiary/aromatic N) is 1. The molecule has 6 heteroatoms. The van der Waals surface area contributed by atoms with Crippen LogP contribution in [0.1, 0.15) is 48.0 Å². The van der Waals surface area contributed by atoms with E-state index in [4.69, 9.17) is 0 Å². The van der Waals surface area contributed by atoms with Gasteiger partial charge in [0.2, 0.25) is 0 Å². The topological polar surface area (TPSA) is 66.5 Å². The molecular weight excluding hydrogens is 360 g/mol. The first-order valence-electron chi connectivity index (χ1n) is 9.35. The van der Waals surface area contributed by atoms with Gasteiger partial charge in [-0.05, 0) is 49.6 Å². The molecule has 1 saturated carbocycles. The first kappa shape index (κ1) is 19.4. The minimum atomic E-state index is -3.68. The standard InChI is InChI=1S/C21H26N2O3S/c1-16-13-14-17(21(24)22-18-9-5-3-6-10-18)15-20(16)23(2)27(25,26)19-11-7-4-8-12-19/h4,7-8,11-15,18H,3,5-6,9-10H2,1-2H3,(H,22,24). The maximum Gasteiger partial charge on any atom is 0.264 e. The average molecular weight is 387 g/mol. The van der Waals surface area contributed by atoms with Crippen LogP contribution in [-0.4, -0.2) is 27.4 Å². The third-order valence-electron chi connectivity index (χ3n) is 5.15. The van der Waals surface area contributed by atoms with Crippen molar-refractivity contribution in [2.75, 3.05) is 11.4 Å². The van der Waals surface area contributed by atoms with E-state index in [1.165, 1.54) is 17.8 Å². The van der Waals surface area contributed by atoms with Gasteiger partial charge in [0.1, 0.15) is 0 Å². The van der Waals surface area contributed by atoms with Gasteiger partial charge in [0.15, 0.2) is 0 Å². The molecule has 0 bridgehead atoms. The van der Waals surface area contributed by atoms with Crippen LogP contribution in [0.2, 0.25) is 0 Å². The SMILES string of the molecule is Cc1ccc(C(=O)NC2CCCCC2)cc1N(C)S(=O)(=O)c1ccccc1. The van der Waals surface area contributed by atoms with Gasteiger partial charge in [0.05, 0.1) is 10.6 Å². The number of carbonyl (C=O) groups excluding carboxylic acids is 1. The molecule has 2 aromatic rings. The molecule has 27 heavy (non-hydrogen) atoms. The van der Waals surface area contributed by atoms with Gasteiger partial charge < -0.3 is 5.32 Å². The third kappa shape index (κ3) is 4.33. The molecule has 2 aromatic carbocycles. The minimum absolute atomic E-state index is 0.145. The molecule has 1 N–H and O–H groups in total. The van der Waals surface area contributed by atoms with Crippen LogP contribution >= 0.6 is 0 Å². The van der Waals surface area contributed by atoms with Crippen molar-refractivity contribution in [1.82, 2.24) is 5.32 Å². The van der Waals surface area contributed by atoms with Crippen molar-refractivity contribution in [3.63, 3.8) is 0 Å². The second-order valence-corrected chi connectivity index (χ2v) is 9.06. The van der Waals surface area contributed by atoms with E-state index in [2.05, 4.69) is 5.32 Å². The summed E-state index contributed by atoms with van der Waals surface area (Å²) in [5, 5.41) is 3.08. The zero-order chi connectivity index (χ0) is 19.4. The molecular formula is C21H26N2O3S. The molecule has 0 aromatic heterocycles. The lowest BCUT2D eigenvalue weighted by molar-refractivity contribution is 0.0927. The number of anilines is 1. The molecule has 3 rings (SSSR count). The minimum Gasteiger partial charge on any atom is -0.349 e. The van der Waals surface area contributed by atoms with Gasteiger partial charge in [-0.2, -0.15) is 0 Å². The molecule has 144 valence electrons. The fourth-order valence-electron chi connectivity index (χ4n) is 3.49. The van der Waals surface area contributed by atoms with Gasteiger partial charge >= 0.3 is 0 Å². The van der Waals surface area contributed by atoms with Crippen molar-refractivity contribution < 1.29 is 13.2 Å². The number of carbonyl (C=O) groups is 1. The number of sulfonamides is 1. The number of aryl methyl sites for hydroxylation is 1. The number of rotatable bonds is 5. The molecule has 0 atom stereocenters. The Bertz CT molecular complexity index is 904. The van der Waals surface area contributed by atoms with E-state index in [1.807, 2.05) is 6.92 Å². The van der Waals surface area contributed by atoms with Gasteiger partial charge in [-0.15, -0.1) is 0 Å². The first-order chi connectivity index (χ1) is 12.9. The van der Waals surface area contributed by atoms with Crippen LogP contribution in [0.25, 0.3) is 0 Å². The number of hydrogen-bond acceptors (Lipinski definition) is 3. The zero-order valence-electron chi connectivity index (χ0n) is 15.8. The smallest absolute Gasteiger partial charge is 0.264 e. The predicted octanol–water partition coefficient (Wildman–Crippen LogP) is 3.88. The second kappa shape index (κ2) is 8.13. The van der Waals surface area contributed by atoms with Crippen LogP contribution in [0.4, 0.5) is 5.69 Å². The Hall–Kier alpha value is -2.34. The van der Waals surface area contributed by atoms with Crippen LogP contribution in [0.3, 0.4) is 0 Å². The van der Waals surface area contributed by atoms with Crippen LogP contribution < -0.4 is 9.62 Å². The largest absolute Gasteiger partial charge is 0.349 e. The summed E-state index contributed by atoms with van der Waals surface area (Å²) in [5.41, 5.74) is 1.79. The summed E-state index contributed by atoms with van der Waals surface area (Å²) in [6.45, 7) is 1.84. The highest BCUT2D eigenvalue weighted by Gasteiger charge is 2.24. The Balaban J connectivity index is 1.85. The number of benzene rings is 2. The van der Waals surface area contributed by atoms with E-state index in [1.54, 1.807) is 48.5 Å². The summed E-state index contributed by atoms with van der Waals surface area (Å²) < 4.78 is 27.1. The van der Waals surface area contributed by atoms with Crippen LogP contribution in [0, 0.1) is 6.92 Å². The third-order valence-corrected chi connectivity index (χ3v) is 6.94. The lowest BCUT2D eigenvalue weighted by Crippen LogP contribution is -2.36. The number of nitrogens with one attached hydrogen (secondary N) is 1. The van der Waals surface area contributed by atoms with Gasteiger partial charge in [0, 0.05) is 18.7 Å². The van der Waals surface area contributed by atoms with E-state index < -0.39 is 10.0 Å². The van der Waals surface area contributed by atoms with E-state index in [-0.39, 0.29) is 16.8 Å². The highest BCUT2D eigenvalue weighted by atomic mass is 32.2. The Morgan fingerprint density at radius 3 is 2.37 bits per heavy atom. The maximum atomic E-state index is 12.9. The van der Waals surface area contributed by atoms with Crippen LogP contribution in [0.15, 0.2) is 53.4 Å². The van der Waals surface area contributed by atoms with Gasteiger partial charge in [-0.3, -0.25) is 9.10 Å². The van der Waals surface area contributed by atoms with Gasteiger partial charge in [-0.1, -0.05) is 43.5 Å². The van der Waals surface area contributed by atoms with Crippen molar-refractivity contribution in [1.29, 1.82) is 0 Å². The normalized spacial score (nSPS) is 15.3. The van der Waals surface area contributed by atoms with Gasteiger partial charge in [0.25, 0.3) is 15.9 Å². The van der Waals surface area contributed by atoms with E-state index in [0.717, 1.165) is 31.2 Å². The summed E-state index contributed by atoms with van der Waals surface area (Å²) in [7, 11) is -2.16. The lowest BCUT2D eigenvalue weighted by Gasteiger charge is -2.24. The summed E-state index contributed by atoms with van der Waals surface area (Å²) in [6, 6.07) is 13.7. The predicted molar refractivity (Wildman–Crippen MR) is 108 cm³/mol. The average Bonchev–Trinajstić information content (AvgIpc) is 2.69. The van der Waals surface area contributed by atoms with Crippen molar-refractivity contribution >= 4 is 21.6 Å². The Labute approximate surface area is 161 Å². The summed E-state index contributed by atoms with van der Waals surface area (Å²) in [5.74, 6) is -0.145. The Kier molecular flexibility index (Phi) is 5.85. The number of amides is 1. The first-order valence-corrected chi connectivity index (χ1v) is 10.8. The molecule has 0 saturated heterocycles. The van der Waals surface area contributed by atoms with E-state index in [9.17, 15) is 13.2 Å². The fraction of sp³-hybridized carbons (Fsp3) is 0.381. The maximum absolute atomic E-state index is 12.9. The molecule has 1 amide bonds. The highest BCUT2D eigenvalue weighted by Crippen LogP contribution is 2.27. The molecule has 1 aliphatic rings. The molecule has 0 heterocycles. The Morgan fingerprint density at radius 1 is 1.04 bits per heavy atom. The van der Waals surface area contributed by atoms with E-state index in [0.29, 0.717) is 11.3 Å². The number of hydrogen-bond donors (Lipinski definition) is 1. The van der Waals surface area contributed by atoms with Gasteiger partial charge in [-0.25, -0.2) is 8.42 Å². The lowest BCUT2D eigenvalue weighted by atomic mass is 9.95. The molecule has 0 radical (unpaired) electrons. The van der Waals surface area contributed by atoms with Crippen molar-refractivity contribution in [3.05, 3.63) is 59.7 Å². The fourth-order valence-corrected chi connectivity index (χ4v) is 4.76. The Morgan fingerprint density at radius 2 is 1.70 bits per heavy atom. The highest BCUT2D eigenvalue weighted by molar-refractivity contribution is 7.92. The molecule has 1 aliphatic carbocycles. The second-order valence-electron chi connectivity index (χ2n) is 7.10. The molecule has 5 nitrogen and oxygen atoms in total. The summed E-state index contributed by atoms with van der Waals surface area (Å²) >= 11 is 0. The monoisotopic (exact) mass is 386 g/mol. The molecule has 0 unspecified atom stereocenters. The zero-order valence-corrected chi connectivity index (χ0v) is 16.6. The van der Waals surface area contributed by atoms with Crippen molar-refractivity contribution in [3.8, 4) is 0 Å².